The van der Waals surface area contributed by atoms with E-state index >= 15 is 9.59 Å². The lowest BCUT2D eigenvalue weighted by Gasteiger charge is -2.29. The van der Waals surface area contributed by atoms with Crippen LogP contribution in [0.25, 0.3) is 21.8 Å². The average molecular weight is 1740 g/mol. The summed E-state index contributed by atoms with van der Waals surface area (Å²) >= 11 is 8.43. The maximum Gasteiger partial charge on any atom is 0.303 e. The van der Waals surface area contributed by atoms with Crippen molar-refractivity contribution < 1.29 is 102 Å². The smallest absolute Gasteiger partial charge is 0.303 e. The third-order valence-electron chi connectivity index (χ3n) is 19.1. The largest absolute Gasteiger partial charge is 0.508 e. The minimum absolute atomic E-state index is 0.0688. The van der Waals surface area contributed by atoms with Crippen molar-refractivity contribution >= 4 is 148 Å². The Balaban J connectivity index is 1.25. The van der Waals surface area contributed by atoms with Crippen LogP contribution in [0.1, 0.15) is 101 Å². The molecule has 42 nitrogen and oxygen atoms in total. The van der Waals surface area contributed by atoms with Crippen LogP contribution in [0.2, 0.25) is 0 Å². The molecule has 16 amide bonds. The quantitative estimate of drug-likeness (QED) is 0.0125. The third-order valence-corrected chi connectivity index (χ3v) is 19.8. The van der Waals surface area contributed by atoms with Crippen molar-refractivity contribution in [3.05, 3.63) is 120 Å². The Bertz CT molecular complexity index is 4640. The van der Waals surface area contributed by atoms with E-state index < -0.39 is 224 Å². The van der Waals surface area contributed by atoms with Crippen molar-refractivity contribution in [2.45, 2.75) is 183 Å². The number of unbranched alkanes of at least 4 members (excludes halogenated alkanes) is 1. The second-order valence-corrected chi connectivity index (χ2v) is 30.0. The van der Waals surface area contributed by atoms with E-state index in [2.05, 4.69) is 120 Å². The van der Waals surface area contributed by atoms with E-state index in [9.17, 15) is 87.2 Å². The fourth-order valence-electron chi connectivity index (χ4n) is 12.6. The number of hydrogen-bond acceptors (Lipinski definition) is 24. The van der Waals surface area contributed by atoms with Gasteiger partial charge in [-0.25, -0.2) is 4.98 Å². The molecule has 3 aromatic carbocycles. The summed E-state index contributed by atoms with van der Waals surface area (Å²) in [6, 6.07) is 0.189. The van der Waals surface area contributed by atoms with Crippen LogP contribution in [0.4, 0.5) is 0 Å². The number of aliphatic carboxylic acids is 1. The molecule has 44 heteroatoms. The second-order valence-electron chi connectivity index (χ2n) is 29.2. The number of imidazole rings is 1. The van der Waals surface area contributed by atoms with Crippen LogP contribution in [-0.4, -0.2) is 257 Å². The molecule has 3 aromatic heterocycles. The molecule has 13 atom stereocenters. The van der Waals surface area contributed by atoms with Gasteiger partial charge in [-0.3, -0.25) is 81.5 Å². The van der Waals surface area contributed by atoms with Crippen molar-refractivity contribution in [3.8, 4) is 5.75 Å². The number of aromatic hydroxyl groups is 1. The van der Waals surface area contributed by atoms with Crippen molar-refractivity contribution in [1.29, 1.82) is 0 Å². The Kier molecular flexibility index (Phi) is 39.5. The maximum absolute atomic E-state index is 15.3. The second kappa shape index (κ2) is 49.2. The van der Waals surface area contributed by atoms with Crippen LogP contribution in [-0.2, 0) is 107 Å². The number of aliphatic hydroxyl groups is 2. The van der Waals surface area contributed by atoms with E-state index in [1.54, 1.807) is 68.6 Å². The number of amides is 16. The normalized spacial score (nSPS) is 14.4. The summed E-state index contributed by atoms with van der Waals surface area (Å²) < 4.78 is 0. The van der Waals surface area contributed by atoms with Crippen LogP contribution in [0.3, 0.4) is 0 Å². The fraction of sp³-hybridized carbons (Fsp3) is 0.462. The Morgan fingerprint density at radius 2 is 0.918 bits per heavy atom. The van der Waals surface area contributed by atoms with Crippen molar-refractivity contribution in [3.63, 3.8) is 0 Å². The number of carbonyl (C=O) groups is 17. The van der Waals surface area contributed by atoms with Crippen LogP contribution >= 0.6 is 25.3 Å². The molecule has 0 saturated carbocycles. The van der Waals surface area contributed by atoms with Crippen molar-refractivity contribution in [2.24, 2.45) is 23.1 Å². The first-order valence-corrected chi connectivity index (χ1v) is 40.3. The molecule has 0 fully saturated rings. The molecule has 0 radical (unpaired) electrons. The number of phenolic OH excluding ortho intramolecular Hbond substituents is 1. The summed E-state index contributed by atoms with van der Waals surface area (Å²) in [4.78, 5) is 245. The molecule has 27 N–H and O–H groups in total. The van der Waals surface area contributed by atoms with Gasteiger partial charge in [0.1, 0.15) is 78.3 Å². The highest BCUT2D eigenvalue weighted by molar-refractivity contribution is 7.80. The van der Waals surface area contributed by atoms with Crippen LogP contribution in [0.5, 0.6) is 5.75 Å². The number of para-hydroxylation sites is 2. The van der Waals surface area contributed by atoms with Gasteiger partial charge in [0.15, 0.2) is 0 Å². The maximum atomic E-state index is 15.3. The highest BCUT2D eigenvalue weighted by Crippen LogP contribution is 2.23. The van der Waals surface area contributed by atoms with Crippen LogP contribution < -0.4 is 91.6 Å². The van der Waals surface area contributed by atoms with Gasteiger partial charge in [-0.2, -0.15) is 25.3 Å². The van der Waals surface area contributed by atoms with Crippen molar-refractivity contribution in [2.75, 3.05) is 37.7 Å². The molecule has 6 aromatic rings. The van der Waals surface area contributed by atoms with E-state index in [0.717, 1.165) is 13.8 Å². The Morgan fingerprint density at radius 1 is 0.467 bits per heavy atom. The highest BCUT2D eigenvalue weighted by atomic mass is 32.1. The van der Waals surface area contributed by atoms with Gasteiger partial charge in [0, 0.05) is 103 Å². The van der Waals surface area contributed by atoms with Crippen LogP contribution in [0.15, 0.2) is 97.7 Å². The number of aromatic nitrogens is 4. The zero-order valence-electron chi connectivity index (χ0n) is 67.4. The van der Waals surface area contributed by atoms with E-state index in [-0.39, 0.29) is 75.3 Å². The molecule has 6 rings (SSSR count). The SMILES string of the molecule is CC(=O)N[C@@H](CS)C(=O)N[C@@H](CO)C(=O)N[C@H](C(=O)N[C@@H](Cc1c[nH]c2ccccc12)C(=O)N[C@@H](CCC(N)=O)C(=O)N[C@@H](CS)C(=O)N[C@@H](Cc1ccc(O)cc1)C(=O)N[C@@H](Cc1c[nH]c2ccccc12)C(=O)N[C@@H](CC(C)C)C(=O)N[C@@H](CCCCN)C(=O)N[C@@H](Cc1cnc[nH]1)C(=O)NCC(=O)NCC(=O)N[C@@H](CCC(=O)O)C(N)=O)[C@@H](C)O. The number of carboxylic acid groups (broad SMARTS) is 1. The minimum Gasteiger partial charge on any atom is -0.508 e. The molecule has 0 aliphatic heterocycles. The molecule has 122 heavy (non-hydrogen) atoms. The highest BCUT2D eigenvalue weighted by Gasteiger charge is 2.39. The lowest BCUT2D eigenvalue weighted by Crippen LogP contribution is -2.62. The number of aliphatic hydroxyl groups excluding tert-OH is 2. The number of carbonyl (C=O) groups excluding carboxylic acids is 16. The average Bonchev–Trinajstić information content (AvgIpc) is 1.65. The first-order chi connectivity index (χ1) is 58.0. The number of fused-ring (bicyclic) bond motifs is 2. The predicted molar refractivity (Wildman–Crippen MR) is 446 cm³/mol. The molecule has 3 heterocycles. The van der Waals surface area contributed by atoms with Gasteiger partial charge in [0.25, 0.3) is 0 Å². The molecule has 0 spiro atoms. The van der Waals surface area contributed by atoms with Crippen molar-refractivity contribution in [1.82, 2.24) is 94.4 Å². The number of benzene rings is 3. The fourth-order valence-corrected chi connectivity index (χ4v) is 13.2. The van der Waals surface area contributed by atoms with Gasteiger partial charge in [-0.05, 0) is 98.9 Å². The number of hydrogen-bond donors (Lipinski definition) is 26. The van der Waals surface area contributed by atoms with Gasteiger partial charge in [0.05, 0.1) is 32.1 Å². The number of phenols is 1. The number of thiol groups is 2. The minimum atomic E-state index is -1.91. The van der Waals surface area contributed by atoms with E-state index in [4.69, 9.17) is 22.3 Å². The van der Waals surface area contributed by atoms with Crippen LogP contribution in [0, 0.1) is 5.92 Å². The zero-order chi connectivity index (χ0) is 89.9. The van der Waals surface area contributed by atoms with Gasteiger partial charge in [0.2, 0.25) is 94.5 Å². The Hall–Kier alpha value is -12.7. The zero-order valence-corrected chi connectivity index (χ0v) is 69.1. The number of carboxylic acids is 1. The number of primary amides is 2. The summed E-state index contributed by atoms with van der Waals surface area (Å²) in [5, 5.41) is 76.3. The van der Waals surface area contributed by atoms with Gasteiger partial charge in [-0.15, -0.1) is 0 Å². The number of H-pyrrole nitrogens is 3. The third kappa shape index (κ3) is 31.8. The van der Waals surface area contributed by atoms with Gasteiger partial charge >= 0.3 is 5.97 Å². The molecule has 0 unspecified atom stereocenters. The molecular formula is C78H107N21O21S2. The first kappa shape index (κ1) is 98.1. The van der Waals surface area contributed by atoms with Gasteiger partial charge < -0.3 is 127 Å². The summed E-state index contributed by atoms with van der Waals surface area (Å²) in [7, 11) is 0. The lowest BCUT2D eigenvalue weighted by atomic mass is 9.99. The Morgan fingerprint density at radius 3 is 1.41 bits per heavy atom. The van der Waals surface area contributed by atoms with E-state index in [0.29, 0.717) is 50.6 Å². The van der Waals surface area contributed by atoms with E-state index in [1.807, 2.05) is 0 Å². The van der Waals surface area contributed by atoms with E-state index in [1.165, 1.54) is 43.0 Å². The molecule has 0 bridgehead atoms. The van der Waals surface area contributed by atoms with Gasteiger partial charge in [-0.1, -0.05) is 62.4 Å². The number of nitrogens with one attached hydrogen (secondary N) is 17. The summed E-state index contributed by atoms with van der Waals surface area (Å²) in [6.45, 7) is 3.40. The summed E-state index contributed by atoms with van der Waals surface area (Å²) in [5.41, 5.74) is 19.6. The predicted octanol–water partition coefficient (Wildman–Crippen LogP) is -5.56. The monoisotopic (exact) mass is 1740 g/mol. The lowest BCUT2D eigenvalue weighted by molar-refractivity contribution is -0.138. The standard InChI is InChI=1S/C78H107N21O21S2/c1-39(2)25-54(71(113)90-52(15-9-10-24-79)69(111)95-58(29-45-32-82-38-87-45)68(110)86-33-63(105)85-34-64(106)89-51(67(81)109)21-23-65(107)108)92-74(116)56(27-43-30-83-49-13-7-5-11-47(43)49)94-72(114)55(26-42-16-18-46(103)19-17-42)93-77(119)61(37-122)98-70(112)53(20-22-62(80)104)91-73(115)57(28-44-31-84-50-14-8-6-12-48(44)50)96-78(120)66(40(3)101)99-75(117)59(35-100)97-76(118)60(36-121)88-41(4)102/h5-8,11-14,16-19,30-32,38-40,51-61,66,83-84,100-101,103,121-122H,9-10,15,20-29,33-37,79H2,1-4H3,(H2,80,104)(H2,81,109)(H,82,87)(H,85,105)(H,86,110)(H,88,102)(H,89,106)(H,90,113)(H,91,115)(H,92,116)(H,93,119)(H,94,114)(H,95,111)(H,96,120)(H,97,118)(H,98,112)(H,99,117)(H,107,108)/t40-,51+,52+,53+,54+,55+,56+,57+,58+,59+,60+,61+,66+/m1/s1. The molecule has 0 aliphatic rings. The molecule has 662 valence electrons. The number of rotatable bonds is 52. The number of nitrogens with two attached hydrogens (primary N) is 3. The molecule has 0 saturated heterocycles. The summed E-state index contributed by atoms with van der Waals surface area (Å²) in [6.07, 6.45) is 1.36. The number of nitrogens with zero attached hydrogens (tertiary/aromatic N) is 1. The Labute approximate surface area is 710 Å². The summed E-state index contributed by atoms with van der Waals surface area (Å²) in [5.74, 6) is -18.2. The molecule has 0 aliphatic carbocycles. The topological polar surface area (TPSA) is 678 Å². The molecular weight excluding hydrogens is 1630 g/mol. The first-order valence-electron chi connectivity index (χ1n) is 39.0. The number of aromatic amines is 3.